The van der Waals surface area contributed by atoms with Crippen molar-refractivity contribution in [1.29, 1.82) is 0 Å². The lowest BCUT2D eigenvalue weighted by atomic mass is 10.1. The molecule has 0 rings (SSSR count). The van der Waals surface area contributed by atoms with E-state index >= 15 is 0 Å². The number of hydrogen-bond donors (Lipinski definition) is 0. The summed E-state index contributed by atoms with van der Waals surface area (Å²) in [6.07, 6.45) is 0. The van der Waals surface area contributed by atoms with Crippen LogP contribution in [-0.2, 0) is 14.4 Å². The van der Waals surface area contributed by atoms with Gasteiger partial charge in [-0.25, -0.2) is 4.79 Å². The quantitative estimate of drug-likeness (QED) is 0.346. The van der Waals surface area contributed by atoms with Crippen LogP contribution >= 0.6 is 0 Å². The van der Waals surface area contributed by atoms with Crippen molar-refractivity contribution in [3.05, 3.63) is 20.2 Å². The molecule has 86 valence electrons. The van der Waals surface area contributed by atoms with Gasteiger partial charge in [0.05, 0.1) is 6.61 Å². The zero-order valence-electron chi connectivity index (χ0n) is 8.17. The lowest BCUT2D eigenvalue weighted by Gasteiger charge is -2.19. The molecule has 0 aliphatic carbocycles. The third kappa shape index (κ3) is 4.20. The maximum Gasteiger partial charge on any atom is 0.345 e. The summed E-state index contributed by atoms with van der Waals surface area (Å²) in [6.45, 7) is 1.31. The van der Waals surface area contributed by atoms with Crippen LogP contribution in [0.5, 0.6) is 0 Å². The number of esters is 1. The van der Waals surface area contributed by atoms with Gasteiger partial charge in [-0.2, -0.15) is 0 Å². The standard InChI is InChI=1S/C6H10N2O7/c1-3-14-5(9)6(2,4-7(10)11)15-8(12)13/h3-4H2,1-2H3. The Morgan fingerprint density at radius 2 is 1.93 bits per heavy atom. The van der Waals surface area contributed by atoms with Crippen LogP contribution in [0.25, 0.3) is 0 Å². The Bertz CT molecular complexity index is 261. The number of nitro groups is 1. The van der Waals surface area contributed by atoms with Crippen LogP contribution in [0.1, 0.15) is 13.8 Å². The first-order valence-electron chi connectivity index (χ1n) is 3.94. The first kappa shape index (κ1) is 13.1. The molecule has 0 aromatic carbocycles. The summed E-state index contributed by atoms with van der Waals surface area (Å²) < 4.78 is 4.44. The summed E-state index contributed by atoms with van der Waals surface area (Å²) in [7, 11) is 0. The average molecular weight is 222 g/mol. The molecule has 1 atom stereocenters. The van der Waals surface area contributed by atoms with E-state index in [0.29, 0.717) is 0 Å². The van der Waals surface area contributed by atoms with Crippen molar-refractivity contribution < 1.29 is 24.4 Å². The summed E-state index contributed by atoms with van der Waals surface area (Å²) in [5.74, 6) is -1.14. The summed E-state index contributed by atoms with van der Waals surface area (Å²) in [5, 5.41) is 19.0. The second-order valence-corrected chi connectivity index (χ2v) is 2.76. The SMILES string of the molecule is CCOC(=O)C(C)(C[N+](=O)[O-])O[N+](=O)[O-]. The Hall–Kier alpha value is -1.93. The molecule has 0 bridgehead atoms. The fourth-order valence-corrected chi connectivity index (χ4v) is 0.825. The maximum absolute atomic E-state index is 11.2. The van der Waals surface area contributed by atoms with Crippen LogP contribution in [0.4, 0.5) is 0 Å². The van der Waals surface area contributed by atoms with Crippen LogP contribution in [0, 0.1) is 20.2 Å². The number of nitrogens with zero attached hydrogens (tertiary/aromatic N) is 2. The second kappa shape index (κ2) is 5.08. The third-order valence-electron chi connectivity index (χ3n) is 1.41. The van der Waals surface area contributed by atoms with Crippen molar-refractivity contribution in [1.82, 2.24) is 0 Å². The Morgan fingerprint density at radius 1 is 1.40 bits per heavy atom. The van der Waals surface area contributed by atoms with E-state index < -0.39 is 28.1 Å². The molecule has 9 nitrogen and oxygen atoms in total. The fraction of sp³-hybridized carbons (Fsp3) is 0.833. The highest BCUT2D eigenvalue weighted by Gasteiger charge is 2.44. The van der Waals surface area contributed by atoms with E-state index in [-0.39, 0.29) is 6.61 Å². The number of rotatable bonds is 6. The number of carbonyl (C=O) groups excluding carboxylic acids is 1. The van der Waals surface area contributed by atoms with Gasteiger partial charge in [-0.05, 0) is 13.8 Å². The molecule has 0 aliphatic heterocycles. The van der Waals surface area contributed by atoms with Gasteiger partial charge < -0.3 is 4.74 Å². The monoisotopic (exact) mass is 222 g/mol. The molecular weight excluding hydrogens is 212 g/mol. The lowest BCUT2D eigenvalue weighted by molar-refractivity contribution is -0.782. The van der Waals surface area contributed by atoms with Gasteiger partial charge in [-0.15, -0.1) is 10.1 Å². The molecule has 0 heterocycles. The minimum atomic E-state index is -2.21. The first-order chi connectivity index (χ1) is 6.81. The molecule has 0 radical (unpaired) electrons. The molecule has 0 saturated carbocycles. The Balaban J connectivity index is 4.74. The van der Waals surface area contributed by atoms with Crippen molar-refractivity contribution in [2.45, 2.75) is 19.4 Å². The molecule has 0 spiro atoms. The molecule has 0 fully saturated rings. The van der Waals surface area contributed by atoms with Gasteiger partial charge in [0.15, 0.2) is 0 Å². The summed E-state index contributed by atoms with van der Waals surface area (Å²) in [4.78, 5) is 34.5. The van der Waals surface area contributed by atoms with Crippen molar-refractivity contribution in [3.63, 3.8) is 0 Å². The van der Waals surface area contributed by atoms with Gasteiger partial charge in [-0.1, -0.05) is 0 Å². The van der Waals surface area contributed by atoms with E-state index in [9.17, 15) is 25.0 Å². The molecule has 1 unspecified atom stereocenters. The average Bonchev–Trinajstić information content (AvgIpc) is 2.01. The maximum atomic E-state index is 11.2. The van der Waals surface area contributed by atoms with Crippen LogP contribution < -0.4 is 0 Å². The predicted octanol–water partition coefficient (Wildman–Crippen LogP) is -0.207. The molecule has 0 aliphatic rings. The Kier molecular flexibility index (Phi) is 4.42. The van der Waals surface area contributed by atoms with Gasteiger partial charge in [0.1, 0.15) is 0 Å². The zero-order chi connectivity index (χ0) is 12.1. The van der Waals surface area contributed by atoms with Crippen molar-refractivity contribution in [2.24, 2.45) is 0 Å². The molecule has 0 saturated heterocycles. The normalized spacial score (nSPS) is 13.7. The first-order valence-corrected chi connectivity index (χ1v) is 3.94. The molecule has 0 aromatic heterocycles. The van der Waals surface area contributed by atoms with Crippen LogP contribution in [0.2, 0.25) is 0 Å². The van der Waals surface area contributed by atoms with E-state index in [1.54, 1.807) is 0 Å². The van der Waals surface area contributed by atoms with Crippen LogP contribution in [-0.4, -0.2) is 34.7 Å². The van der Waals surface area contributed by atoms with E-state index in [1.807, 2.05) is 0 Å². The topological polar surface area (TPSA) is 122 Å². The van der Waals surface area contributed by atoms with Crippen LogP contribution in [0.15, 0.2) is 0 Å². The van der Waals surface area contributed by atoms with Crippen molar-refractivity contribution in [3.8, 4) is 0 Å². The highest BCUT2D eigenvalue weighted by Crippen LogP contribution is 2.13. The second-order valence-electron chi connectivity index (χ2n) is 2.76. The van der Waals surface area contributed by atoms with Gasteiger partial charge in [-0.3, -0.25) is 15.0 Å². The molecular formula is C6H10N2O7. The van der Waals surface area contributed by atoms with Gasteiger partial charge >= 0.3 is 5.97 Å². The molecule has 0 N–H and O–H groups in total. The van der Waals surface area contributed by atoms with Gasteiger partial charge in [0.2, 0.25) is 6.54 Å². The fourth-order valence-electron chi connectivity index (χ4n) is 0.825. The van der Waals surface area contributed by atoms with Crippen molar-refractivity contribution >= 4 is 5.97 Å². The molecule has 15 heavy (non-hydrogen) atoms. The summed E-state index contributed by atoms with van der Waals surface area (Å²) in [5.41, 5.74) is -2.21. The summed E-state index contributed by atoms with van der Waals surface area (Å²) >= 11 is 0. The van der Waals surface area contributed by atoms with E-state index in [2.05, 4.69) is 9.57 Å². The largest absolute Gasteiger partial charge is 0.464 e. The van der Waals surface area contributed by atoms with E-state index in [0.717, 1.165) is 6.92 Å². The Labute approximate surface area is 84.2 Å². The highest BCUT2D eigenvalue weighted by molar-refractivity contribution is 5.79. The van der Waals surface area contributed by atoms with E-state index in [4.69, 9.17) is 0 Å². The van der Waals surface area contributed by atoms with Gasteiger partial charge in [0, 0.05) is 4.92 Å². The van der Waals surface area contributed by atoms with Crippen molar-refractivity contribution in [2.75, 3.05) is 13.2 Å². The highest BCUT2D eigenvalue weighted by atomic mass is 17.0. The van der Waals surface area contributed by atoms with Gasteiger partial charge in [0.25, 0.3) is 10.7 Å². The number of ether oxygens (including phenoxy) is 1. The molecule has 0 amide bonds. The molecule has 9 heteroatoms. The zero-order valence-corrected chi connectivity index (χ0v) is 8.17. The molecule has 0 aromatic rings. The lowest BCUT2D eigenvalue weighted by Crippen LogP contribution is -2.47. The van der Waals surface area contributed by atoms with Crippen LogP contribution in [0.3, 0.4) is 0 Å². The smallest absolute Gasteiger partial charge is 0.345 e. The van der Waals surface area contributed by atoms with E-state index in [1.165, 1.54) is 6.92 Å². The third-order valence-corrected chi connectivity index (χ3v) is 1.41. The predicted molar refractivity (Wildman–Crippen MR) is 45.0 cm³/mol. The number of carbonyl (C=O) groups is 1. The number of hydrogen-bond acceptors (Lipinski definition) is 7. The minimum Gasteiger partial charge on any atom is -0.464 e. The minimum absolute atomic E-state index is 0.0484. The Morgan fingerprint density at radius 3 is 2.27 bits per heavy atom. The summed E-state index contributed by atoms with van der Waals surface area (Å²) in [6, 6.07) is 0.